The van der Waals surface area contributed by atoms with Crippen molar-refractivity contribution in [3.8, 4) is 5.75 Å². The first-order valence-electron chi connectivity index (χ1n) is 6.91. The van der Waals surface area contributed by atoms with Crippen LogP contribution in [0.4, 0.5) is 0 Å². The van der Waals surface area contributed by atoms with Gasteiger partial charge in [-0.25, -0.2) is 12.7 Å². The maximum atomic E-state index is 11.6. The molecule has 0 saturated heterocycles. The molecule has 0 heterocycles. The Morgan fingerprint density at radius 2 is 1.77 bits per heavy atom. The SMILES string of the molecule is CN(Cc1ccc(OCC(=O)NC(C)(C)C)cc1)S(C)(=O)=O. The van der Waals surface area contributed by atoms with Crippen LogP contribution in [0.5, 0.6) is 5.75 Å². The Bertz CT molecular complexity index is 603. The van der Waals surface area contributed by atoms with Crippen LogP contribution in [0.25, 0.3) is 0 Å². The van der Waals surface area contributed by atoms with E-state index in [1.165, 1.54) is 11.4 Å². The average molecular weight is 328 g/mol. The Hall–Kier alpha value is -1.60. The molecule has 0 aromatic heterocycles. The highest BCUT2D eigenvalue weighted by Crippen LogP contribution is 2.14. The second kappa shape index (κ2) is 7.11. The summed E-state index contributed by atoms with van der Waals surface area (Å²) in [6.45, 7) is 5.94. The third-order valence-corrected chi connectivity index (χ3v) is 4.04. The third kappa shape index (κ3) is 6.91. The topological polar surface area (TPSA) is 75.7 Å². The monoisotopic (exact) mass is 328 g/mol. The molecule has 7 heteroatoms. The summed E-state index contributed by atoms with van der Waals surface area (Å²) in [5.74, 6) is 0.378. The van der Waals surface area contributed by atoms with Gasteiger partial charge >= 0.3 is 0 Å². The molecule has 0 aliphatic heterocycles. The largest absolute Gasteiger partial charge is 0.484 e. The van der Waals surface area contributed by atoms with Crippen LogP contribution in [0.3, 0.4) is 0 Å². The van der Waals surface area contributed by atoms with Crippen molar-refractivity contribution in [1.29, 1.82) is 0 Å². The maximum Gasteiger partial charge on any atom is 0.258 e. The number of nitrogens with zero attached hydrogens (tertiary/aromatic N) is 1. The summed E-state index contributed by atoms with van der Waals surface area (Å²) in [5.41, 5.74) is 0.556. The second-order valence-corrected chi connectivity index (χ2v) is 8.34. The predicted molar refractivity (Wildman–Crippen MR) is 86.1 cm³/mol. The molecule has 0 radical (unpaired) electrons. The van der Waals surface area contributed by atoms with E-state index in [4.69, 9.17) is 4.74 Å². The number of carbonyl (C=O) groups excluding carboxylic acids is 1. The van der Waals surface area contributed by atoms with Crippen LogP contribution in [0, 0.1) is 0 Å². The standard InChI is InChI=1S/C15H24N2O4S/c1-15(2,3)16-14(18)11-21-13-8-6-12(7-9-13)10-17(4)22(5,19)20/h6-9H,10-11H2,1-5H3,(H,16,18). The summed E-state index contributed by atoms with van der Waals surface area (Å²) in [7, 11) is -1.68. The van der Waals surface area contributed by atoms with Crippen molar-refractivity contribution in [3.05, 3.63) is 29.8 Å². The van der Waals surface area contributed by atoms with Crippen molar-refractivity contribution in [1.82, 2.24) is 9.62 Å². The van der Waals surface area contributed by atoms with Crippen LogP contribution in [0.1, 0.15) is 26.3 Å². The summed E-state index contributed by atoms with van der Waals surface area (Å²) < 4.78 is 29.4. The van der Waals surface area contributed by atoms with Crippen LogP contribution in [-0.4, -0.2) is 44.1 Å². The number of rotatable bonds is 6. The van der Waals surface area contributed by atoms with Gasteiger partial charge in [-0.2, -0.15) is 0 Å². The van der Waals surface area contributed by atoms with E-state index in [0.717, 1.165) is 11.8 Å². The number of hydrogen-bond donors (Lipinski definition) is 1. The van der Waals surface area contributed by atoms with E-state index in [0.29, 0.717) is 12.3 Å². The van der Waals surface area contributed by atoms with Gasteiger partial charge in [0, 0.05) is 19.1 Å². The molecule has 0 spiro atoms. The van der Waals surface area contributed by atoms with Crippen LogP contribution in [0.2, 0.25) is 0 Å². The molecule has 0 saturated carbocycles. The lowest BCUT2D eigenvalue weighted by Gasteiger charge is -2.20. The maximum absolute atomic E-state index is 11.6. The van der Waals surface area contributed by atoms with Gasteiger partial charge in [0.05, 0.1) is 6.26 Å². The van der Waals surface area contributed by atoms with E-state index < -0.39 is 10.0 Å². The quantitative estimate of drug-likeness (QED) is 0.856. The molecular formula is C15H24N2O4S. The molecule has 124 valence electrons. The normalized spacial score (nSPS) is 12.3. The number of sulfonamides is 1. The van der Waals surface area contributed by atoms with Gasteiger partial charge in [0.1, 0.15) is 5.75 Å². The van der Waals surface area contributed by atoms with Crippen molar-refractivity contribution in [2.24, 2.45) is 0 Å². The molecule has 0 fully saturated rings. The third-order valence-electron chi connectivity index (χ3n) is 2.78. The van der Waals surface area contributed by atoms with Crippen molar-refractivity contribution in [2.45, 2.75) is 32.9 Å². The second-order valence-electron chi connectivity index (χ2n) is 6.25. The van der Waals surface area contributed by atoms with Crippen molar-refractivity contribution in [3.63, 3.8) is 0 Å². The van der Waals surface area contributed by atoms with Crippen molar-refractivity contribution < 1.29 is 17.9 Å². The van der Waals surface area contributed by atoms with Gasteiger partial charge in [-0.1, -0.05) is 12.1 Å². The first-order valence-corrected chi connectivity index (χ1v) is 8.76. The minimum absolute atomic E-state index is 0.0557. The van der Waals surface area contributed by atoms with E-state index >= 15 is 0 Å². The molecular weight excluding hydrogens is 304 g/mol. The molecule has 6 nitrogen and oxygen atoms in total. The van der Waals surface area contributed by atoms with Gasteiger partial charge in [-0.15, -0.1) is 0 Å². The van der Waals surface area contributed by atoms with E-state index in [9.17, 15) is 13.2 Å². The highest BCUT2D eigenvalue weighted by molar-refractivity contribution is 7.88. The predicted octanol–water partition coefficient (Wildman–Crippen LogP) is 1.37. The van der Waals surface area contributed by atoms with Crippen LogP contribution >= 0.6 is 0 Å². The molecule has 1 rings (SSSR count). The lowest BCUT2D eigenvalue weighted by molar-refractivity contribution is -0.124. The average Bonchev–Trinajstić information content (AvgIpc) is 2.34. The fraction of sp³-hybridized carbons (Fsp3) is 0.533. The number of hydrogen-bond acceptors (Lipinski definition) is 4. The zero-order chi connectivity index (χ0) is 17.0. The number of carbonyl (C=O) groups is 1. The first-order chi connectivity index (χ1) is 9.97. The summed E-state index contributed by atoms with van der Waals surface area (Å²) >= 11 is 0. The van der Waals surface area contributed by atoms with Crippen LogP contribution in [-0.2, 0) is 21.4 Å². The highest BCUT2D eigenvalue weighted by atomic mass is 32.2. The lowest BCUT2D eigenvalue weighted by atomic mass is 10.1. The van der Waals surface area contributed by atoms with Gasteiger partial charge in [-0.3, -0.25) is 4.79 Å². The summed E-state index contributed by atoms with van der Waals surface area (Å²) in [5, 5.41) is 2.81. The number of nitrogens with one attached hydrogen (secondary N) is 1. The summed E-state index contributed by atoms with van der Waals surface area (Å²) in [6.07, 6.45) is 1.16. The molecule has 22 heavy (non-hydrogen) atoms. The van der Waals surface area contributed by atoms with Crippen molar-refractivity contribution >= 4 is 15.9 Å². The molecule has 1 aromatic carbocycles. The Kier molecular flexibility index (Phi) is 5.96. The highest BCUT2D eigenvalue weighted by Gasteiger charge is 2.14. The van der Waals surface area contributed by atoms with E-state index in [1.807, 2.05) is 20.8 Å². The van der Waals surface area contributed by atoms with Gasteiger partial charge in [0.15, 0.2) is 6.61 Å². The lowest BCUT2D eigenvalue weighted by Crippen LogP contribution is -2.43. The molecule has 0 aliphatic carbocycles. The van der Waals surface area contributed by atoms with Gasteiger partial charge in [0.2, 0.25) is 10.0 Å². The molecule has 0 bridgehead atoms. The number of benzene rings is 1. The zero-order valence-electron chi connectivity index (χ0n) is 13.7. The fourth-order valence-corrected chi connectivity index (χ4v) is 2.05. The molecule has 1 aromatic rings. The Morgan fingerprint density at radius 3 is 2.23 bits per heavy atom. The molecule has 0 unspecified atom stereocenters. The molecule has 0 atom stereocenters. The van der Waals surface area contributed by atoms with Gasteiger partial charge < -0.3 is 10.1 Å². The minimum atomic E-state index is -3.20. The van der Waals surface area contributed by atoms with E-state index in [2.05, 4.69) is 5.32 Å². The number of amides is 1. The van der Waals surface area contributed by atoms with Gasteiger partial charge in [-0.05, 0) is 38.5 Å². The van der Waals surface area contributed by atoms with E-state index in [-0.39, 0.29) is 18.1 Å². The first kappa shape index (κ1) is 18.4. The molecule has 0 aliphatic rings. The molecule has 1 amide bonds. The van der Waals surface area contributed by atoms with Crippen LogP contribution in [0.15, 0.2) is 24.3 Å². The summed E-state index contributed by atoms with van der Waals surface area (Å²) in [4.78, 5) is 11.6. The smallest absolute Gasteiger partial charge is 0.258 e. The Labute approximate surface area is 132 Å². The minimum Gasteiger partial charge on any atom is -0.484 e. The van der Waals surface area contributed by atoms with Crippen molar-refractivity contribution in [2.75, 3.05) is 19.9 Å². The summed E-state index contributed by atoms with van der Waals surface area (Å²) in [6, 6.07) is 6.99. The molecule has 1 N–H and O–H groups in total. The van der Waals surface area contributed by atoms with Crippen LogP contribution < -0.4 is 10.1 Å². The zero-order valence-corrected chi connectivity index (χ0v) is 14.5. The fourth-order valence-electron chi connectivity index (χ4n) is 1.67. The Balaban J connectivity index is 2.54. The van der Waals surface area contributed by atoms with E-state index in [1.54, 1.807) is 24.3 Å². The number of ether oxygens (including phenoxy) is 1. The Morgan fingerprint density at radius 1 is 1.23 bits per heavy atom. The van der Waals surface area contributed by atoms with Gasteiger partial charge in [0.25, 0.3) is 5.91 Å².